The van der Waals surface area contributed by atoms with Crippen LogP contribution in [-0.4, -0.2) is 62.2 Å². The van der Waals surface area contributed by atoms with Crippen molar-refractivity contribution >= 4 is 28.7 Å². The Bertz CT molecular complexity index is 1160. The molecule has 0 bridgehead atoms. The number of pyridine rings is 1. The van der Waals surface area contributed by atoms with Crippen LogP contribution in [0.15, 0.2) is 52.4 Å². The Kier molecular flexibility index (Phi) is 6.06. The van der Waals surface area contributed by atoms with Crippen LogP contribution in [0.3, 0.4) is 0 Å². The average molecular weight is 452 g/mol. The molecule has 2 aliphatic heterocycles. The topological polar surface area (TPSA) is 74.2 Å². The summed E-state index contributed by atoms with van der Waals surface area (Å²) in [5.41, 5.74) is 2.53. The summed E-state index contributed by atoms with van der Waals surface area (Å²) in [5.74, 6) is 0.0731. The van der Waals surface area contributed by atoms with Gasteiger partial charge in [-0.15, -0.1) is 11.8 Å². The molecule has 4 heterocycles. The lowest BCUT2D eigenvalue weighted by Gasteiger charge is -2.44. The number of aromatic nitrogens is 3. The summed E-state index contributed by atoms with van der Waals surface area (Å²) in [6.07, 6.45) is 8.87. The molecule has 3 aromatic rings. The van der Waals surface area contributed by atoms with Gasteiger partial charge in [-0.3, -0.25) is 14.3 Å². The zero-order chi connectivity index (χ0) is 22.1. The number of H-pyrrole nitrogens is 1. The first-order chi connectivity index (χ1) is 15.7. The number of amides is 1. The Morgan fingerprint density at radius 1 is 1.06 bits per heavy atom. The third kappa shape index (κ3) is 3.86. The van der Waals surface area contributed by atoms with Gasteiger partial charge in [0.25, 0.3) is 5.91 Å². The predicted octanol–water partition coefficient (Wildman–Crippen LogP) is 3.74. The van der Waals surface area contributed by atoms with Crippen LogP contribution in [0.1, 0.15) is 48.6 Å². The molecule has 2 aliphatic rings. The number of likely N-dealkylation sites (tertiary alicyclic amines) is 2. The number of fused-ring (bicyclic) bond motifs is 1. The quantitative estimate of drug-likeness (QED) is 0.612. The van der Waals surface area contributed by atoms with Crippen LogP contribution in [0.5, 0.6) is 0 Å². The van der Waals surface area contributed by atoms with E-state index in [0.717, 1.165) is 67.8 Å². The van der Waals surface area contributed by atoms with Gasteiger partial charge in [-0.1, -0.05) is 12.1 Å². The van der Waals surface area contributed by atoms with E-state index in [2.05, 4.69) is 14.9 Å². The van der Waals surface area contributed by atoms with Gasteiger partial charge in [0.2, 0.25) is 0 Å². The van der Waals surface area contributed by atoms with Gasteiger partial charge in [0, 0.05) is 31.9 Å². The molecule has 2 fully saturated rings. The van der Waals surface area contributed by atoms with Crippen molar-refractivity contribution in [3.63, 3.8) is 0 Å². The van der Waals surface area contributed by atoms with Crippen molar-refractivity contribution in [3.05, 3.63) is 58.6 Å². The molecule has 0 spiro atoms. The maximum absolute atomic E-state index is 13.1. The number of benzene rings is 1. The Balaban J connectivity index is 1.33. The fourth-order valence-electron chi connectivity index (χ4n) is 5.30. The standard InChI is InChI=1S/C24H29N5O2S/c1-32-22-18(7-6-13-25-22)23(30)27-15-11-17(12-16-27)28-14-5-4-10-21(28)29-20-9-3-2-8-19(20)26-24(29)31/h2-3,6-9,13,17,21H,4-5,10-12,14-16H2,1H3,(H,26,31). The van der Waals surface area contributed by atoms with E-state index in [1.54, 1.807) is 6.20 Å². The molecule has 32 heavy (non-hydrogen) atoms. The van der Waals surface area contributed by atoms with Crippen molar-refractivity contribution in [2.75, 3.05) is 25.9 Å². The average Bonchev–Trinajstić information content (AvgIpc) is 3.19. The lowest BCUT2D eigenvalue weighted by molar-refractivity contribution is 0.0181. The number of thioether (sulfide) groups is 1. The van der Waals surface area contributed by atoms with Gasteiger partial charge in [-0.2, -0.15) is 0 Å². The molecule has 1 unspecified atom stereocenters. The second-order valence-electron chi connectivity index (χ2n) is 8.62. The minimum atomic E-state index is -0.0307. The van der Waals surface area contributed by atoms with Gasteiger partial charge in [-0.25, -0.2) is 9.78 Å². The number of nitrogens with zero attached hydrogens (tertiary/aromatic N) is 4. The number of hydrogen-bond donors (Lipinski definition) is 1. The SMILES string of the molecule is CSc1ncccc1C(=O)N1CCC(N2CCCCC2n2c(=O)[nH]c3ccccc32)CC1. The second-order valence-corrected chi connectivity index (χ2v) is 9.41. The molecule has 5 rings (SSSR count). The third-order valence-corrected chi connectivity index (χ3v) is 7.56. The van der Waals surface area contributed by atoms with Crippen molar-refractivity contribution in [2.45, 2.75) is 49.3 Å². The molecule has 168 valence electrons. The van der Waals surface area contributed by atoms with Gasteiger partial charge in [-0.05, 0) is 62.6 Å². The molecule has 2 aromatic heterocycles. The first-order valence-corrected chi connectivity index (χ1v) is 12.6. The summed E-state index contributed by atoms with van der Waals surface area (Å²) in [5, 5.41) is 0.787. The van der Waals surface area contributed by atoms with E-state index in [-0.39, 0.29) is 17.8 Å². The van der Waals surface area contributed by atoms with Gasteiger partial charge in [0.05, 0.1) is 22.8 Å². The van der Waals surface area contributed by atoms with E-state index >= 15 is 0 Å². The van der Waals surface area contributed by atoms with Crippen molar-refractivity contribution in [3.8, 4) is 0 Å². The first kappa shape index (κ1) is 21.3. The highest BCUT2D eigenvalue weighted by Gasteiger charge is 2.35. The van der Waals surface area contributed by atoms with Crippen LogP contribution in [0, 0.1) is 0 Å². The van der Waals surface area contributed by atoms with Crippen LogP contribution in [0.25, 0.3) is 11.0 Å². The Morgan fingerprint density at radius 2 is 1.88 bits per heavy atom. The Morgan fingerprint density at radius 3 is 2.69 bits per heavy atom. The Hall–Kier alpha value is -2.58. The fourth-order valence-corrected chi connectivity index (χ4v) is 5.84. The van der Waals surface area contributed by atoms with E-state index in [4.69, 9.17) is 0 Å². The smallest absolute Gasteiger partial charge is 0.327 e. The summed E-state index contributed by atoms with van der Waals surface area (Å²) in [7, 11) is 0. The molecule has 1 amide bonds. The molecule has 0 aliphatic carbocycles. The highest BCUT2D eigenvalue weighted by molar-refractivity contribution is 7.98. The van der Waals surface area contributed by atoms with Crippen molar-refractivity contribution < 1.29 is 4.79 Å². The minimum Gasteiger partial charge on any atom is -0.338 e. The van der Waals surface area contributed by atoms with E-state index < -0.39 is 0 Å². The summed E-state index contributed by atoms with van der Waals surface area (Å²) in [6, 6.07) is 12.0. The number of para-hydroxylation sites is 2. The van der Waals surface area contributed by atoms with Crippen LogP contribution >= 0.6 is 11.8 Å². The lowest BCUT2D eigenvalue weighted by atomic mass is 9.97. The molecule has 2 saturated heterocycles. The summed E-state index contributed by atoms with van der Waals surface area (Å²) in [6.45, 7) is 2.46. The summed E-state index contributed by atoms with van der Waals surface area (Å²) < 4.78 is 1.95. The molecule has 0 radical (unpaired) electrons. The normalized spacial score (nSPS) is 20.7. The molecule has 0 saturated carbocycles. The van der Waals surface area contributed by atoms with E-state index in [9.17, 15) is 9.59 Å². The van der Waals surface area contributed by atoms with Crippen molar-refractivity contribution in [1.82, 2.24) is 24.3 Å². The third-order valence-electron chi connectivity index (χ3n) is 6.85. The monoisotopic (exact) mass is 451 g/mol. The van der Waals surface area contributed by atoms with Crippen LogP contribution in [0.4, 0.5) is 0 Å². The van der Waals surface area contributed by atoms with E-state index in [1.165, 1.54) is 11.8 Å². The molecule has 1 N–H and O–H groups in total. The number of hydrogen-bond acceptors (Lipinski definition) is 5. The van der Waals surface area contributed by atoms with Crippen LogP contribution in [-0.2, 0) is 0 Å². The number of rotatable bonds is 4. The van der Waals surface area contributed by atoms with Gasteiger partial charge in [0.15, 0.2) is 0 Å². The molecule has 1 atom stereocenters. The predicted molar refractivity (Wildman–Crippen MR) is 127 cm³/mol. The van der Waals surface area contributed by atoms with E-state index in [1.807, 2.05) is 52.1 Å². The molecule has 1 aromatic carbocycles. The van der Waals surface area contributed by atoms with Gasteiger partial charge >= 0.3 is 5.69 Å². The van der Waals surface area contributed by atoms with Crippen molar-refractivity contribution in [2.24, 2.45) is 0 Å². The zero-order valence-electron chi connectivity index (χ0n) is 18.4. The number of carbonyl (C=O) groups is 1. The number of carbonyl (C=O) groups excluding carboxylic acids is 1. The Labute approximate surface area is 191 Å². The lowest BCUT2D eigenvalue weighted by Crippen LogP contribution is -2.51. The largest absolute Gasteiger partial charge is 0.338 e. The van der Waals surface area contributed by atoms with Crippen LogP contribution in [0.2, 0.25) is 0 Å². The van der Waals surface area contributed by atoms with Gasteiger partial charge in [0.1, 0.15) is 5.03 Å². The van der Waals surface area contributed by atoms with Gasteiger partial charge < -0.3 is 9.88 Å². The zero-order valence-corrected chi connectivity index (χ0v) is 19.2. The number of nitrogens with one attached hydrogen (secondary N) is 1. The maximum atomic E-state index is 13.1. The number of imidazole rings is 1. The van der Waals surface area contributed by atoms with Crippen LogP contribution < -0.4 is 5.69 Å². The van der Waals surface area contributed by atoms with E-state index in [0.29, 0.717) is 11.6 Å². The maximum Gasteiger partial charge on any atom is 0.327 e. The minimum absolute atomic E-state index is 0.0307. The summed E-state index contributed by atoms with van der Waals surface area (Å²) in [4.78, 5) is 37.8. The first-order valence-electron chi connectivity index (χ1n) is 11.4. The van der Waals surface area contributed by atoms with Crippen molar-refractivity contribution in [1.29, 1.82) is 0 Å². The highest BCUT2D eigenvalue weighted by Crippen LogP contribution is 2.33. The number of aromatic amines is 1. The molecular formula is C24H29N5O2S. The number of piperidine rings is 2. The molecule has 8 heteroatoms. The summed E-state index contributed by atoms with van der Waals surface area (Å²) >= 11 is 1.51. The second kappa shape index (κ2) is 9.11. The highest BCUT2D eigenvalue weighted by atomic mass is 32.2. The molecule has 7 nitrogen and oxygen atoms in total. The molecular weight excluding hydrogens is 422 g/mol. The fraction of sp³-hybridized carbons (Fsp3) is 0.458.